The number of sulfonamides is 1. The molecular weight excluding hydrogens is 288 g/mol. The molecule has 6 nitrogen and oxygen atoms in total. The van der Waals surface area contributed by atoms with Crippen LogP contribution in [0.3, 0.4) is 0 Å². The van der Waals surface area contributed by atoms with Gasteiger partial charge in [0.1, 0.15) is 9.09 Å². The third-order valence-corrected chi connectivity index (χ3v) is 6.15. The molecule has 19 heavy (non-hydrogen) atoms. The molecule has 0 aromatic carbocycles. The van der Waals surface area contributed by atoms with E-state index in [1.165, 1.54) is 17.4 Å². The second-order valence-corrected chi connectivity index (χ2v) is 7.84. The van der Waals surface area contributed by atoms with Crippen molar-refractivity contribution in [3.63, 3.8) is 0 Å². The highest BCUT2D eigenvalue weighted by atomic mass is 32.2. The molecule has 0 saturated heterocycles. The molecule has 1 heterocycles. The molecule has 108 valence electrons. The monoisotopic (exact) mass is 306 g/mol. The Labute approximate surface area is 117 Å². The van der Waals surface area contributed by atoms with E-state index in [4.69, 9.17) is 5.11 Å². The van der Waals surface area contributed by atoms with Gasteiger partial charge >= 0.3 is 5.97 Å². The lowest BCUT2D eigenvalue weighted by Gasteiger charge is -2.18. The summed E-state index contributed by atoms with van der Waals surface area (Å²) in [5.41, 5.74) is 0.470. The van der Waals surface area contributed by atoms with Crippen molar-refractivity contribution in [3.8, 4) is 0 Å². The highest BCUT2D eigenvalue weighted by Crippen LogP contribution is 2.27. The van der Waals surface area contributed by atoms with Crippen LogP contribution in [0.1, 0.15) is 15.2 Å². The average Bonchev–Trinajstić information content (AvgIpc) is 2.68. The fraction of sp³-hybridized carbons (Fsp3) is 0.545. The summed E-state index contributed by atoms with van der Waals surface area (Å²) in [6.07, 6.45) is 0. The Hall–Kier alpha value is -0.960. The Kier molecular flexibility index (Phi) is 5.08. The number of aromatic carboxylic acids is 1. The molecule has 1 aromatic heterocycles. The lowest BCUT2D eigenvalue weighted by atomic mass is 10.3. The zero-order valence-electron chi connectivity index (χ0n) is 11.4. The number of nitrogens with zero attached hydrogens (tertiary/aromatic N) is 2. The molecule has 0 saturated carbocycles. The number of carboxylic acids is 1. The van der Waals surface area contributed by atoms with Crippen molar-refractivity contribution in [1.29, 1.82) is 0 Å². The minimum Gasteiger partial charge on any atom is -0.477 e. The average molecular weight is 306 g/mol. The van der Waals surface area contributed by atoms with Gasteiger partial charge in [0, 0.05) is 20.1 Å². The second kappa shape index (κ2) is 6.00. The molecule has 0 bridgehead atoms. The zero-order valence-corrected chi connectivity index (χ0v) is 13.0. The quantitative estimate of drug-likeness (QED) is 0.846. The summed E-state index contributed by atoms with van der Waals surface area (Å²) >= 11 is 0.794. The lowest BCUT2D eigenvalue weighted by molar-refractivity contribution is 0.0701. The fourth-order valence-electron chi connectivity index (χ4n) is 1.41. The zero-order chi connectivity index (χ0) is 14.8. The maximum absolute atomic E-state index is 12.3. The Morgan fingerprint density at radius 2 is 1.89 bits per heavy atom. The maximum atomic E-state index is 12.3. The van der Waals surface area contributed by atoms with E-state index in [9.17, 15) is 13.2 Å². The van der Waals surface area contributed by atoms with E-state index in [0.29, 0.717) is 18.7 Å². The molecule has 0 fully saturated rings. The van der Waals surface area contributed by atoms with Crippen LogP contribution in [-0.4, -0.2) is 62.9 Å². The van der Waals surface area contributed by atoms with Crippen molar-refractivity contribution in [3.05, 3.63) is 16.5 Å². The van der Waals surface area contributed by atoms with E-state index in [-0.39, 0.29) is 9.09 Å². The molecule has 1 N–H and O–H groups in total. The molecule has 8 heteroatoms. The first kappa shape index (κ1) is 16.1. The van der Waals surface area contributed by atoms with E-state index < -0.39 is 16.0 Å². The molecule has 0 aliphatic carbocycles. The Balaban J connectivity index is 3.00. The largest absolute Gasteiger partial charge is 0.477 e. The van der Waals surface area contributed by atoms with Gasteiger partial charge in [0.25, 0.3) is 10.0 Å². The standard InChI is InChI=1S/C11H18N2O4S2/c1-8-7-9(18-10(8)11(14)15)19(16,17)13(4)6-5-12(2)3/h7H,5-6H2,1-4H3,(H,14,15). The normalized spacial score (nSPS) is 12.3. The van der Waals surface area contributed by atoms with Crippen molar-refractivity contribution in [2.24, 2.45) is 0 Å². The van der Waals surface area contributed by atoms with Crippen LogP contribution in [0, 0.1) is 6.92 Å². The summed E-state index contributed by atoms with van der Waals surface area (Å²) in [5, 5.41) is 8.95. The van der Waals surface area contributed by atoms with Crippen LogP contribution in [0.5, 0.6) is 0 Å². The van der Waals surface area contributed by atoms with Crippen molar-refractivity contribution in [1.82, 2.24) is 9.21 Å². The Morgan fingerprint density at radius 1 is 1.32 bits per heavy atom. The summed E-state index contributed by atoms with van der Waals surface area (Å²) in [4.78, 5) is 12.9. The van der Waals surface area contributed by atoms with Crippen molar-refractivity contribution in [2.75, 3.05) is 34.2 Å². The number of rotatable bonds is 6. The summed E-state index contributed by atoms with van der Waals surface area (Å²) in [5.74, 6) is -1.10. The Bertz CT molecular complexity index is 563. The SMILES string of the molecule is Cc1cc(S(=O)(=O)N(C)CCN(C)C)sc1C(=O)O. The second-order valence-electron chi connectivity index (χ2n) is 4.51. The number of aryl methyl sites for hydroxylation is 1. The third-order valence-electron chi connectivity index (χ3n) is 2.62. The molecule has 0 aliphatic heterocycles. The van der Waals surface area contributed by atoms with Gasteiger partial charge in [0.15, 0.2) is 0 Å². The minimum absolute atomic E-state index is 0.0691. The first-order chi connectivity index (χ1) is 8.66. The lowest BCUT2D eigenvalue weighted by Crippen LogP contribution is -2.33. The number of hydrogen-bond donors (Lipinski definition) is 1. The van der Waals surface area contributed by atoms with Crippen molar-refractivity contribution >= 4 is 27.3 Å². The van der Waals surface area contributed by atoms with Crippen molar-refractivity contribution in [2.45, 2.75) is 11.1 Å². The van der Waals surface area contributed by atoms with Gasteiger partial charge in [-0.05, 0) is 32.6 Å². The topological polar surface area (TPSA) is 77.9 Å². The summed E-state index contributed by atoms with van der Waals surface area (Å²) < 4.78 is 25.8. The van der Waals surface area contributed by atoms with Gasteiger partial charge in [-0.1, -0.05) is 0 Å². The number of carbonyl (C=O) groups is 1. The van der Waals surface area contributed by atoms with Gasteiger partial charge in [-0.3, -0.25) is 0 Å². The smallest absolute Gasteiger partial charge is 0.346 e. The van der Waals surface area contributed by atoms with Gasteiger partial charge in [0.2, 0.25) is 0 Å². The highest BCUT2D eigenvalue weighted by molar-refractivity contribution is 7.91. The molecule has 0 spiro atoms. The first-order valence-electron chi connectivity index (χ1n) is 5.61. The van der Waals surface area contributed by atoms with E-state index in [1.54, 1.807) is 6.92 Å². The van der Waals surface area contributed by atoms with Crippen LogP contribution in [0.15, 0.2) is 10.3 Å². The van der Waals surface area contributed by atoms with E-state index in [2.05, 4.69) is 0 Å². The molecule has 0 aliphatic rings. The predicted octanol–water partition coefficient (Wildman–Crippen LogP) is 0.937. The van der Waals surface area contributed by atoms with Crippen LogP contribution < -0.4 is 0 Å². The summed E-state index contributed by atoms with van der Waals surface area (Å²) in [7, 11) is 1.61. The minimum atomic E-state index is -3.61. The van der Waals surface area contributed by atoms with Gasteiger partial charge in [-0.25, -0.2) is 13.2 Å². The summed E-state index contributed by atoms with van der Waals surface area (Å²) in [6, 6.07) is 1.41. The molecule has 0 radical (unpaired) electrons. The number of hydrogen-bond acceptors (Lipinski definition) is 5. The van der Waals surface area contributed by atoms with Crippen LogP contribution in [0.25, 0.3) is 0 Å². The van der Waals surface area contributed by atoms with Crippen LogP contribution in [0.2, 0.25) is 0 Å². The van der Waals surface area contributed by atoms with E-state index >= 15 is 0 Å². The van der Waals surface area contributed by atoms with Gasteiger partial charge in [0.05, 0.1) is 0 Å². The van der Waals surface area contributed by atoms with Gasteiger partial charge in [-0.15, -0.1) is 11.3 Å². The molecular formula is C11H18N2O4S2. The van der Waals surface area contributed by atoms with Gasteiger partial charge in [-0.2, -0.15) is 4.31 Å². The maximum Gasteiger partial charge on any atom is 0.346 e. The molecule has 0 amide bonds. The third kappa shape index (κ3) is 3.75. The molecule has 0 unspecified atom stereocenters. The van der Waals surface area contributed by atoms with Crippen LogP contribution in [-0.2, 0) is 10.0 Å². The fourth-order valence-corrected chi connectivity index (χ4v) is 4.16. The summed E-state index contributed by atoms with van der Waals surface area (Å²) in [6.45, 7) is 2.55. The van der Waals surface area contributed by atoms with Crippen LogP contribution in [0.4, 0.5) is 0 Å². The van der Waals surface area contributed by atoms with Crippen LogP contribution >= 0.6 is 11.3 Å². The Morgan fingerprint density at radius 3 is 2.32 bits per heavy atom. The first-order valence-corrected chi connectivity index (χ1v) is 7.86. The molecule has 0 atom stereocenters. The number of thiophene rings is 1. The van der Waals surface area contributed by atoms with E-state index in [0.717, 1.165) is 11.3 Å². The van der Waals surface area contributed by atoms with Crippen molar-refractivity contribution < 1.29 is 18.3 Å². The molecule has 1 aromatic rings. The number of carboxylic acid groups (broad SMARTS) is 1. The predicted molar refractivity (Wildman–Crippen MR) is 74.4 cm³/mol. The van der Waals surface area contributed by atoms with E-state index in [1.807, 2.05) is 19.0 Å². The number of likely N-dealkylation sites (N-methyl/N-ethyl adjacent to an activating group) is 2. The molecule has 1 rings (SSSR count). The van der Waals surface area contributed by atoms with Gasteiger partial charge < -0.3 is 10.0 Å². The highest BCUT2D eigenvalue weighted by Gasteiger charge is 2.25.